The summed E-state index contributed by atoms with van der Waals surface area (Å²) in [4.78, 5) is 12.4. The van der Waals surface area contributed by atoms with Gasteiger partial charge in [-0.2, -0.15) is 5.10 Å². The van der Waals surface area contributed by atoms with Crippen LogP contribution in [0.3, 0.4) is 0 Å². The molecule has 1 amide bonds. The van der Waals surface area contributed by atoms with Gasteiger partial charge < -0.3 is 5.32 Å². The van der Waals surface area contributed by atoms with Gasteiger partial charge in [0, 0.05) is 12.1 Å². The quantitative estimate of drug-likeness (QED) is 0.800. The van der Waals surface area contributed by atoms with E-state index in [0.717, 1.165) is 5.69 Å². The van der Waals surface area contributed by atoms with Gasteiger partial charge in [0.1, 0.15) is 24.2 Å². The van der Waals surface area contributed by atoms with Gasteiger partial charge in [-0.3, -0.25) is 14.0 Å². The minimum atomic E-state index is -0.387. The predicted octanol–water partition coefficient (Wildman–Crippen LogP) is 2.18. The molecule has 0 atom stereocenters. The molecule has 1 N–H and O–H groups in total. The minimum Gasteiger partial charge on any atom is -0.317 e. The monoisotopic (exact) mass is 314 g/mol. The van der Waals surface area contributed by atoms with Crippen LogP contribution in [-0.4, -0.2) is 30.5 Å². The molecule has 0 saturated carbocycles. The summed E-state index contributed by atoms with van der Waals surface area (Å²) < 4.78 is 16.4. The Labute approximate surface area is 131 Å². The molecule has 1 aromatic carbocycles. The Balaban J connectivity index is 1.97. The average molecular weight is 314 g/mol. The second-order valence-corrected chi connectivity index (χ2v) is 4.93. The van der Waals surface area contributed by atoms with Gasteiger partial charge in [-0.1, -0.05) is 0 Å². The Morgan fingerprint density at radius 3 is 2.48 bits per heavy atom. The lowest BCUT2D eigenvalue weighted by Crippen LogP contribution is -2.14. The number of hydrogen-bond acceptors (Lipinski definition) is 4. The van der Waals surface area contributed by atoms with Crippen LogP contribution in [0.15, 0.2) is 36.9 Å². The fourth-order valence-electron chi connectivity index (χ4n) is 2.26. The molecule has 0 fully saturated rings. The van der Waals surface area contributed by atoms with E-state index in [1.807, 2.05) is 13.8 Å². The van der Waals surface area contributed by atoms with Gasteiger partial charge >= 0.3 is 0 Å². The van der Waals surface area contributed by atoms with Crippen LogP contribution in [0.2, 0.25) is 0 Å². The number of hydrogen-bond donors (Lipinski definition) is 1. The number of aryl methyl sites for hydroxylation is 1. The normalized spacial score (nSPS) is 10.7. The summed E-state index contributed by atoms with van der Waals surface area (Å²) in [6.45, 7) is 4.49. The van der Waals surface area contributed by atoms with Gasteiger partial charge in [-0.05, 0) is 38.1 Å². The summed E-state index contributed by atoms with van der Waals surface area (Å²) in [5.41, 5.74) is 1.75. The number of nitrogens with one attached hydrogen (secondary N) is 1. The smallest absolute Gasteiger partial charge is 0.255 e. The molecule has 0 unspecified atom stereocenters. The van der Waals surface area contributed by atoms with Crippen LogP contribution in [0.1, 0.15) is 23.0 Å². The highest BCUT2D eigenvalue weighted by Gasteiger charge is 2.18. The van der Waals surface area contributed by atoms with Crippen LogP contribution < -0.4 is 5.32 Å². The van der Waals surface area contributed by atoms with Crippen LogP contribution in [0, 0.1) is 12.7 Å². The van der Waals surface area contributed by atoms with Crippen molar-refractivity contribution in [1.82, 2.24) is 24.5 Å². The summed E-state index contributed by atoms with van der Waals surface area (Å²) in [5.74, 6) is -0.190. The molecule has 0 aliphatic carbocycles. The fraction of sp³-hybridized carbons (Fsp3) is 0.200. The molecule has 8 heteroatoms. The SMILES string of the molecule is CCn1nc(-n2cnnc2)c(NC(=O)c2ccc(F)cc2)c1C. The molecule has 2 heterocycles. The Kier molecular flexibility index (Phi) is 3.88. The van der Waals surface area contributed by atoms with Gasteiger partial charge in [0.05, 0.1) is 5.69 Å². The zero-order chi connectivity index (χ0) is 16.4. The lowest BCUT2D eigenvalue weighted by molar-refractivity contribution is 0.102. The van der Waals surface area contributed by atoms with Crippen LogP contribution in [0.4, 0.5) is 10.1 Å². The Morgan fingerprint density at radius 1 is 1.22 bits per heavy atom. The van der Waals surface area contributed by atoms with Gasteiger partial charge in [0.25, 0.3) is 5.91 Å². The molecule has 3 rings (SSSR count). The highest BCUT2D eigenvalue weighted by atomic mass is 19.1. The lowest BCUT2D eigenvalue weighted by Gasteiger charge is -2.07. The van der Waals surface area contributed by atoms with E-state index >= 15 is 0 Å². The molecule has 0 spiro atoms. The van der Waals surface area contributed by atoms with E-state index in [4.69, 9.17) is 0 Å². The molecular weight excluding hydrogens is 299 g/mol. The molecule has 3 aromatic rings. The van der Waals surface area contributed by atoms with E-state index < -0.39 is 0 Å². The zero-order valence-corrected chi connectivity index (χ0v) is 12.7. The summed E-state index contributed by atoms with van der Waals surface area (Å²) in [6, 6.07) is 5.36. The molecule has 2 aromatic heterocycles. The van der Waals surface area contributed by atoms with E-state index in [0.29, 0.717) is 23.6 Å². The molecule has 0 bridgehead atoms. The lowest BCUT2D eigenvalue weighted by atomic mass is 10.2. The van der Waals surface area contributed by atoms with Gasteiger partial charge in [-0.15, -0.1) is 10.2 Å². The van der Waals surface area contributed by atoms with Gasteiger partial charge in [0.2, 0.25) is 0 Å². The van der Waals surface area contributed by atoms with Crippen LogP contribution in [0.25, 0.3) is 5.82 Å². The maximum absolute atomic E-state index is 13.0. The van der Waals surface area contributed by atoms with E-state index in [1.54, 1.807) is 9.25 Å². The summed E-state index contributed by atoms with van der Waals surface area (Å²) in [5, 5.41) is 14.8. The molecule has 118 valence electrons. The standard InChI is InChI=1S/C15H15FN6O/c1-3-22-10(2)13(14(20-22)21-8-17-18-9-21)19-15(23)11-4-6-12(16)7-5-11/h4-9H,3H2,1-2H3,(H,19,23). The van der Waals surface area contributed by atoms with Crippen LogP contribution in [-0.2, 0) is 6.54 Å². The van der Waals surface area contributed by atoms with Crippen molar-refractivity contribution in [3.63, 3.8) is 0 Å². The molecule has 7 nitrogen and oxygen atoms in total. The minimum absolute atomic E-state index is 0.335. The van der Waals surface area contributed by atoms with Crippen molar-refractivity contribution in [2.45, 2.75) is 20.4 Å². The summed E-state index contributed by atoms with van der Waals surface area (Å²) in [6.07, 6.45) is 3.02. The molecule has 0 aliphatic heterocycles. The molecule has 0 radical (unpaired) electrons. The molecule has 0 aliphatic rings. The Morgan fingerprint density at radius 2 is 1.87 bits per heavy atom. The first-order valence-corrected chi connectivity index (χ1v) is 7.09. The number of nitrogens with zero attached hydrogens (tertiary/aromatic N) is 5. The van der Waals surface area contributed by atoms with Gasteiger partial charge in [-0.25, -0.2) is 4.39 Å². The van der Waals surface area contributed by atoms with Crippen molar-refractivity contribution in [2.24, 2.45) is 0 Å². The molecule has 0 saturated heterocycles. The second kappa shape index (κ2) is 5.99. The zero-order valence-electron chi connectivity index (χ0n) is 12.7. The van der Waals surface area contributed by atoms with Crippen molar-refractivity contribution < 1.29 is 9.18 Å². The maximum atomic E-state index is 13.0. The third-order valence-corrected chi connectivity index (χ3v) is 3.50. The maximum Gasteiger partial charge on any atom is 0.255 e. The molecule has 23 heavy (non-hydrogen) atoms. The predicted molar refractivity (Wildman–Crippen MR) is 81.9 cm³/mol. The van der Waals surface area contributed by atoms with Crippen molar-refractivity contribution in [3.05, 3.63) is 54.0 Å². The van der Waals surface area contributed by atoms with Crippen molar-refractivity contribution >= 4 is 11.6 Å². The number of aromatic nitrogens is 5. The van der Waals surface area contributed by atoms with Crippen molar-refractivity contribution in [3.8, 4) is 5.82 Å². The Hall–Kier alpha value is -3.03. The molecular formula is C15H15FN6O. The number of carbonyl (C=O) groups excluding carboxylic acids is 1. The fourth-order valence-corrected chi connectivity index (χ4v) is 2.26. The first-order chi connectivity index (χ1) is 11.1. The average Bonchev–Trinajstić information content (AvgIpc) is 3.17. The van der Waals surface area contributed by atoms with E-state index in [-0.39, 0.29) is 11.7 Å². The van der Waals surface area contributed by atoms with E-state index in [2.05, 4.69) is 20.6 Å². The first-order valence-electron chi connectivity index (χ1n) is 7.09. The second-order valence-electron chi connectivity index (χ2n) is 4.93. The third-order valence-electron chi connectivity index (χ3n) is 3.50. The van der Waals surface area contributed by atoms with E-state index in [9.17, 15) is 9.18 Å². The van der Waals surface area contributed by atoms with Crippen molar-refractivity contribution in [1.29, 1.82) is 0 Å². The number of rotatable bonds is 4. The number of amides is 1. The highest BCUT2D eigenvalue weighted by Crippen LogP contribution is 2.24. The van der Waals surface area contributed by atoms with Crippen LogP contribution in [0.5, 0.6) is 0 Å². The summed E-state index contributed by atoms with van der Waals surface area (Å²) >= 11 is 0. The number of anilines is 1. The number of carbonyl (C=O) groups is 1. The topological polar surface area (TPSA) is 77.6 Å². The Bertz CT molecular complexity index is 823. The van der Waals surface area contributed by atoms with Crippen molar-refractivity contribution in [2.75, 3.05) is 5.32 Å². The van der Waals surface area contributed by atoms with Crippen LogP contribution >= 0.6 is 0 Å². The summed E-state index contributed by atoms with van der Waals surface area (Å²) in [7, 11) is 0. The van der Waals surface area contributed by atoms with E-state index in [1.165, 1.54) is 36.9 Å². The number of benzene rings is 1. The van der Waals surface area contributed by atoms with Gasteiger partial charge in [0.15, 0.2) is 5.82 Å². The first kappa shape index (κ1) is 14.9. The number of halogens is 1. The highest BCUT2D eigenvalue weighted by molar-refractivity contribution is 6.05. The third kappa shape index (κ3) is 2.83. The largest absolute Gasteiger partial charge is 0.317 e.